The fourth-order valence-electron chi connectivity index (χ4n) is 2.73. The third kappa shape index (κ3) is 4.17. The minimum Gasteiger partial charge on any atom is -0.340 e. The van der Waals surface area contributed by atoms with E-state index < -0.39 is 0 Å². The lowest BCUT2D eigenvalue weighted by molar-refractivity contribution is 0.200. The van der Waals surface area contributed by atoms with Gasteiger partial charge in [0.25, 0.3) is 0 Å². The highest BCUT2D eigenvalue weighted by atomic mass is 16.5. The van der Waals surface area contributed by atoms with Crippen LogP contribution in [0.15, 0.2) is 4.52 Å². The minimum atomic E-state index is -0.192. The van der Waals surface area contributed by atoms with Gasteiger partial charge in [-0.1, -0.05) is 12.1 Å². The maximum absolute atomic E-state index is 12.3. The highest BCUT2D eigenvalue weighted by Crippen LogP contribution is 2.19. The zero-order chi connectivity index (χ0) is 15.4. The van der Waals surface area contributed by atoms with E-state index in [2.05, 4.69) is 34.5 Å². The van der Waals surface area contributed by atoms with Crippen molar-refractivity contribution in [2.24, 2.45) is 5.92 Å². The molecule has 7 nitrogen and oxygen atoms in total. The van der Waals surface area contributed by atoms with Gasteiger partial charge in [-0.3, -0.25) is 0 Å². The number of carbonyl (C=O) groups is 1. The molecular formula is C14H25N5O2. The Morgan fingerprint density at radius 2 is 2.33 bits per heavy atom. The van der Waals surface area contributed by atoms with Crippen LogP contribution in [-0.4, -0.2) is 59.7 Å². The standard InChI is InChI=1S/C14H25N5O2/c1-5-12(13-15-10(2)21-17-13)16-14(20)19-7-6-11(9-19)8-18(3)4/h11-12H,5-9H2,1-4H3,(H,16,20)/t11-,12-/m1/s1. The Balaban J connectivity index is 1.89. The van der Waals surface area contributed by atoms with E-state index in [9.17, 15) is 4.79 Å². The molecule has 2 rings (SSSR count). The van der Waals surface area contributed by atoms with Crippen LogP contribution in [0, 0.1) is 12.8 Å². The summed E-state index contributed by atoms with van der Waals surface area (Å²) in [6.45, 7) is 6.38. The molecule has 21 heavy (non-hydrogen) atoms. The molecule has 2 amide bonds. The molecule has 118 valence electrons. The molecule has 1 fully saturated rings. The Labute approximate surface area is 125 Å². The summed E-state index contributed by atoms with van der Waals surface area (Å²) in [6, 6.07) is -0.228. The van der Waals surface area contributed by atoms with Crippen LogP contribution in [0.2, 0.25) is 0 Å². The van der Waals surface area contributed by atoms with Crippen molar-refractivity contribution in [1.82, 2.24) is 25.3 Å². The van der Waals surface area contributed by atoms with Crippen LogP contribution < -0.4 is 5.32 Å². The fraction of sp³-hybridized carbons (Fsp3) is 0.786. The molecule has 0 radical (unpaired) electrons. The molecule has 1 N–H and O–H groups in total. The van der Waals surface area contributed by atoms with E-state index in [1.54, 1.807) is 6.92 Å². The summed E-state index contributed by atoms with van der Waals surface area (Å²) in [6.07, 6.45) is 1.80. The predicted molar refractivity (Wildman–Crippen MR) is 78.8 cm³/mol. The van der Waals surface area contributed by atoms with Crippen LogP contribution in [-0.2, 0) is 0 Å². The van der Waals surface area contributed by atoms with Gasteiger partial charge in [0.15, 0.2) is 5.82 Å². The molecule has 0 aliphatic carbocycles. The molecular weight excluding hydrogens is 270 g/mol. The predicted octanol–water partition coefficient (Wildman–Crippen LogP) is 1.42. The maximum atomic E-state index is 12.3. The third-order valence-corrected chi connectivity index (χ3v) is 3.76. The summed E-state index contributed by atoms with van der Waals surface area (Å²) in [5, 5.41) is 6.90. The van der Waals surface area contributed by atoms with Crippen molar-refractivity contribution in [3.05, 3.63) is 11.7 Å². The van der Waals surface area contributed by atoms with Gasteiger partial charge < -0.3 is 19.6 Å². The molecule has 7 heteroatoms. The second-order valence-corrected chi connectivity index (χ2v) is 5.94. The maximum Gasteiger partial charge on any atom is 0.317 e. The van der Waals surface area contributed by atoms with Gasteiger partial charge in [0.05, 0.1) is 6.04 Å². The molecule has 1 aliphatic heterocycles. The summed E-state index contributed by atoms with van der Waals surface area (Å²) in [5.41, 5.74) is 0. The first-order valence-electron chi connectivity index (χ1n) is 7.50. The molecule has 0 bridgehead atoms. The Bertz CT molecular complexity index is 474. The van der Waals surface area contributed by atoms with E-state index in [0.717, 1.165) is 32.5 Å². The van der Waals surface area contributed by atoms with Gasteiger partial charge in [0.1, 0.15) is 0 Å². The van der Waals surface area contributed by atoms with Crippen molar-refractivity contribution < 1.29 is 9.32 Å². The van der Waals surface area contributed by atoms with Crippen LogP contribution in [0.3, 0.4) is 0 Å². The fourth-order valence-corrected chi connectivity index (χ4v) is 2.73. The van der Waals surface area contributed by atoms with E-state index in [-0.39, 0.29) is 12.1 Å². The molecule has 0 unspecified atom stereocenters. The Morgan fingerprint density at radius 1 is 1.57 bits per heavy atom. The highest BCUT2D eigenvalue weighted by Gasteiger charge is 2.28. The number of rotatable bonds is 5. The number of hydrogen-bond acceptors (Lipinski definition) is 5. The van der Waals surface area contributed by atoms with E-state index in [4.69, 9.17) is 4.52 Å². The van der Waals surface area contributed by atoms with Gasteiger partial charge >= 0.3 is 6.03 Å². The second-order valence-electron chi connectivity index (χ2n) is 5.94. The number of carbonyl (C=O) groups excluding carboxylic acids is 1. The second kappa shape index (κ2) is 6.89. The quantitative estimate of drug-likeness (QED) is 0.889. The average molecular weight is 295 g/mol. The van der Waals surface area contributed by atoms with Gasteiger partial charge in [-0.25, -0.2) is 4.79 Å². The molecule has 1 saturated heterocycles. The molecule has 1 aromatic heterocycles. The zero-order valence-corrected chi connectivity index (χ0v) is 13.3. The molecule has 0 saturated carbocycles. The number of nitrogens with one attached hydrogen (secondary N) is 1. The van der Waals surface area contributed by atoms with E-state index in [1.807, 2.05) is 11.8 Å². The number of aromatic nitrogens is 2. The number of likely N-dealkylation sites (tertiary alicyclic amines) is 1. The summed E-state index contributed by atoms with van der Waals surface area (Å²) in [4.78, 5) is 20.6. The summed E-state index contributed by atoms with van der Waals surface area (Å²) in [7, 11) is 4.13. The Hall–Kier alpha value is -1.63. The van der Waals surface area contributed by atoms with Gasteiger partial charge in [-0.15, -0.1) is 0 Å². The smallest absolute Gasteiger partial charge is 0.317 e. The SMILES string of the molecule is CC[C@@H](NC(=O)N1CC[C@H](CN(C)C)C1)c1noc(C)n1. The number of aryl methyl sites for hydroxylation is 1. The zero-order valence-electron chi connectivity index (χ0n) is 13.3. The molecule has 2 atom stereocenters. The lowest BCUT2D eigenvalue weighted by atomic mass is 10.1. The summed E-state index contributed by atoms with van der Waals surface area (Å²) in [5.74, 6) is 1.62. The van der Waals surface area contributed by atoms with Crippen LogP contribution in [0.1, 0.15) is 37.5 Å². The van der Waals surface area contributed by atoms with Crippen molar-refractivity contribution >= 4 is 6.03 Å². The number of urea groups is 1. The third-order valence-electron chi connectivity index (χ3n) is 3.76. The monoisotopic (exact) mass is 295 g/mol. The average Bonchev–Trinajstić information content (AvgIpc) is 3.04. The van der Waals surface area contributed by atoms with Crippen LogP contribution in [0.25, 0.3) is 0 Å². The Morgan fingerprint density at radius 3 is 2.90 bits per heavy atom. The molecule has 1 aromatic rings. The van der Waals surface area contributed by atoms with Crippen molar-refractivity contribution in [1.29, 1.82) is 0 Å². The van der Waals surface area contributed by atoms with Gasteiger partial charge in [-0.2, -0.15) is 4.98 Å². The molecule has 1 aliphatic rings. The van der Waals surface area contributed by atoms with Crippen molar-refractivity contribution in [3.63, 3.8) is 0 Å². The molecule has 2 heterocycles. The molecule has 0 spiro atoms. The lowest BCUT2D eigenvalue weighted by Gasteiger charge is -2.21. The molecule has 0 aromatic carbocycles. The summed E-state index contributed by atoms with van der Waals surface area (Å²) >= 11 is 0. The first-order chi connectivity index (χ1) is 9.99. The number of amides is 2. The first kappa shape index (κ1) is 15.8. The van der Waals surface area contributed by atoms with Gasteiger partial charge in [0.2, 0.25) is 5.89 Å². The normalized spacial score (nSPS) is 20.0. The van der Waals surface area contributed by atoms with E-state index >= 15 is 0 Å². The lowest BCUT2D eigenvalue weighted by Crippen LogP contribution is -2.41. The van der Waals surface area contributed by atoms with Gasteiger partial charge in [-0.05, 0) is 32.9 Å². The number of hydrogen-bond donors (Lipinski definition) is 1. The summed E-state index contributed by atoms with van der Waals surface area (Å²) < 4.78 is 4.98. The topological polar surface area (TPSA) is 74.5 Å². The van der Waals surface area contributed by atoms with Gasteiger partial charge in [0, 0.05) is 26.6 Å². The van der Waals surface area contributed by atoms with Crippen molar-refractivity contribution in [2.45, 2.75) is 32.7 Å². The first-order valence-corrected chi connectivity index (χ1v) is 7.50. The van der Waals surface area contributed by atoms with E-state index in [1.165, 1.54) is 0 Å². The van der Waals surface area contributed by atoms with Crippen LogP contribution >= 0.6 is 0 Å². The van der Waals surface area contributed by atoms with Crippen LogP contribution in [0.5, 0.6) is 0 Å². The largest absolute Gasteiger partial charge is 0.340 e. The highest BCUT2D eigenvalue weighted by molar-refractivity contribution is 5.74. The van der Waals surface area contributed by atoms with Crippen LogP contribution in [0.4, 0.5) is 4.79 Å². The number of nitrogens with zero attached hydrogens (tertiary/aromatic N) is 4. The Kier molecular flexibility index (Phi) is 5.17. The van der Waals surface area contributed by atoms with Crippen molar-refractivity contribution in [2.75, 3.05) is 33.7 Å². The van der Waals surface area contributed by atoms with Crippen molar-refractivity contribution in [3.8, 4) is 0 Å². The minimum absolute atomic E-state index is 0.0365. The van der Waals surface area contributed by atoms with E-state index in [0.29, 0.717) is 17.6 Å².